The van der Waals surface area contributed by atoms with Gasteiger partial charge in [-0.15, -0.1) is 11.3 Å². The van der Waals surface area contributed by atoms with Crippen molar-refractivity contribution in [3.63, 3.8) is 0 Å². The molecule has 1 aromatic carbocycles. The van der Waals surface area contributed by atoms with Crippen molar-refractivity contribution in [2.75, 3.05) is 5.75 Å². The highest BCUT2D eigenvalue weighted by Crippen LogP contribution is 2.17. The molecule has 0 spiro atoms. The van der Waals surface area contributed by atoms with Gasteiger partial charge < -0.3 is 4.52 Å². The fourth-order valence-electron chi connectivity index (χ4n) is 2.12. The Bertz CT molecular complexity index is 809. The van der Waals surface area contributed by atoms with E-state index in [9.17, 15) is 4.21 Å². The summed E-state index contributed by atoms with van der Waals surface area (Å²) < 4.78 is 17.4. The van der Waals surface area contributed by atoms with Gasteiger partial charge in [0, 0.05) is 27.0 Å². The van der Waals surface area contributed by atoms with Gasteiger partial charge in [-0.1, -0.05) is 35.0 Å². The van der Waals surface area contributed by atoms with Crippen LogP contribution in [-0.2, 0) is 23.0 Å². The number of rotatable bonds is 6. The monoisotopic (exact) mass is 347 g/mol. The molecule has 0 amide bonds. The molecule has 5 nitrogen and oxygen atoms in total. The van der Waals surface area contributed by atoms with E-state index >= 15 is 0 Å². The molecular weight excluding hydrogens is 330 g/mol. The van der Waals surface area contributed by atoms with Gasteiger partial charge in [-0.05, 0) is 20.3 Å². The van der Waals surface area contributed by atoms with Crippen molar-refractivity contribution in [1.29, 1.82) is 0 Å². The van der Waals surface area contributed by atoms with Crippen LogP contribution < -0.4 is 0 Å². The summed E-state index contributed by atoms with van der Waals surface area (Å²) >= 11 is 1.60. The van der Waals surface area contributed by atoms with Gasteiger partial charge in [-0.25, -0.2) is 4.98 Å². The van der Waals surface area contributed by atoms with E-state index < -0.39 is 10.8 Å². The Labute approximate surface area is 141 Å². The minimum atomic E-state index is -1.03. The third kappa shape index (κ3) is 4.11. The zero-order valence-corrected chi connectivity index (χ0v) is 14.6. The number of benzene rings is 1. The first kappa shape index (κ1) is 16.0. The second-order valence-electron chi connectivity index (χ2n) is 5.28. The summed E-state index contributed by atoms with van der Waals surface area (Å²) in [6.45, 7) is 4.00. The number of aryl methyl sites for hydroxylation is 3. The maximum atomic E-state index is 12.2. The van der Waals surface area contributed by atoms with Gasteiger partial charge in [0.25, 0.3) is 0 Å². The molecule has 0 N–H and O–H groups in total. The van der Waals surface area contributed by atoms with Crippen LogP contribution >= 0.6 is 11.3 Å². The molecule has 1 unspecified atom stereocenters. The van der Waals surface area contributed by atoms with Crippen molar-refractivity contribution in [1.82, 2.24) is 15.1 Å². The summed E-state index contributed by atoms with van der Waals surface area (Å²) in [4.78, 5) is 9.72. The van der Waals surface area contributed by atoms with Crippen LogP contribution in [0.25, 0.3) is 11.4 Å². The normalized spacial score (nSPS) is 12.4. The highest BCUT2D eigenvalue weighted by Gasteiger charge is 2.12. The molecule has 2 heterocycles. The van der Waals surface area contributed by atoms with Crippen LogP contribution in [0, 0.1) is 13.8 Å². The van der Waals surface area contributed by atoms with Gasteiger partial charge in [0.1, 0.15) is 5.75 Å². The lowest BCUT2D eigenvalue weighted by Gasteiger charge is -1.98. The average Bonchev–Trinajstić information content (AvgIpc) is 3.15. The van der Waals surface area contributed by atoms with Crippen molar-refractivity contribution < 1.29 is 8.73 Å². The molecule has 0 fully saturated rings. The summed E-state index contributed by atoms with van der Waals surface area (Å²) in [5.41, 5.74) is 4.92. The quantitative estimate of drug-likeness (QED) is 0.684. The topological polar surface area (TPSA) is 68.9 Å². The summed E-state index contributed by atoms with van der Waals surface area (Å²) in [6.07, 6.45) is 0.766. The van der Waals surface area contributed by atoms with E-state index in [1.165, 1.54) is 10.4 Å². The second kappa shape index (κ2) is 7.14. The van der Waals surface area contributed by atoms with Crippen LogP contribution in [0.5, 0.6) is 0 Å². The Kier molecular flexibility index (Phi) is 4.97. The smallest absolute Gasteiger partial charge is 0.239 e. The van der Waals surface area contributed by atoms with Crippen molar-refractivity contribution in [3.05, 3.63) is 51.8 Å². The number of hydrogen-bond donors (Lipinski definition) is 0. The molecule has 120 valence electrons. The Morgan fingerprint density at radius 2 is 2.00 bits per heavy atom. The predicted octanol–water partition coefficient (Wildman–Crippen LogP) is 3.30. The van der Waals surface area contributed by atoms with Crippen molar-refractivity contribution in [2.24, 2.45) is 0 Å². The Hall–Kier alpha value is -1.86. The third-order valence-corrected chi connectivity index (χ3v) is 5.69. The summed E-state index contributed by atoms with van der Waals surface area (Å²) in [5, 5.41) is 3.96. The Morgan fingerprint density at radius 3 is 2.70 bits per heavy atom. The Balaban J connectivity index is 1.59. The molecule has 3 rings (SSSR count). The molecule has 7 heteroatoms. The zero-order chi connectivity index (χ0) is 16.2. The molecule has 0 saturated carbocycles. The molecule has 0 saturated heterocycles. The lowest BCUT2D eigenvalue weighted by Crippen LogP contribution is -2.04. The van der Waals surface area contributed by atoms with E-state index in [0.29, 0.717) is 17.5 Å². The van der Waals surface area contributed by atoms with E-state index in [1.54, 1.807) is 11.3 Å². The first-order valence-electron chi connectivity index (χ1n) is 7.25. The molecule has 3 aromatic rings. The van der Waals surface area contributed by atoms with Gasteiger partial charge in [0.2, 0.25) is 11.7 Å². The van der Waals surface area contributed by atoms with Crippen LogP contribution in [0.3, 0.4) is 0 Å². The molecule has 2 aromatic heterocycles. The lowest BCUT2D eigenvalue weighted by atomic mass is 10.1. The first-order valence-corrected chi connectivity index (χ1v) is 9.62. The van der Waals surface area contributed by atoms with Gasteiger partial charge in [0.15, 0.2) is 0 Å². The number of aromatic nitrogens is 3. The SMILES string of the molecule is Cc1ccc(-c2noc(CS(=O)CCc3scnc3C)n2)cc1. The largest absolute Gasteiger partial charge is 0.338 e. The summed E-state index contributed by atoms with van der Waals surface area (Å²) in [6, 6.07) is 7.91. The van der Waals surface area contributed by atoms with Crippen molar-refractivity contribution in [3.8, 4) is 11.4 Å². The molecule has 0 bridgehead atoms. The van der Waals surface area contributed by atoms with Gasteiger partial charge in [0.05, 0.1) is 11.2 Å². The standard InChI is InChI=1S/C16H17N3O2S2/c1-11-3-5-13(6-4-11)16-18-15(21-19-16)9-23(20)8-7-14-12(2)17-10-22-14/h3-6,10H,7-9H2,1-2H3. The average molecular weight is 347 g/mol. The van der Waals surface area contributed by atoms with Crippen LogP contribution in [0.2, 0.25) is 0 Å². The predicted molar refractivity (Wildman–Crippen MR) is 91.7 cm³/mol. The fraction of sp³-hybridized carbons (Fsp3) is 0.312. The highest BCUT2D eigenvalue weighted by molar-refractivity contribution is 7.84. The highest BCUT2D eigenvalue weighted by atomic mass is 32.2. The van der Waals surface area contributed by atoms with Crippen LogP contribution in [-0.4, -0.2) is 25.1 Å². The summed E-state index contributed by atoms with van der Waals surface area (Å²) in [7, 11) is -1.03. The maximum Gasteiger partial charge on any atom is 0.239 e. The molecule has 0 aliphatic rings. The minimum absolute atomic E-state index is 0.288. The Morgan fingerprint density at radius 1 is 1.22 bits per heavy atom. The fourth-order valence-corrected chi connectivity index (χ4v) is 4.00. The van der Waals surface area contributed by atoms with Gasteiger partial charge in [-0.3, -0.25) is 4.21 Å². The minimum Gasteiger partial charge on any atom is -0.338 e. The maximum absolute atomic E-state index is 12.2. The van der Waals surface area contributed by atoms with Crippen molar-refractivity contribution >= 4 is 22.1 Å². The number of thiazole rings is 1. The second-order valence-corrected chi connectivity index (χ2v) is 7.79. The van der Waals surface area contributed by atoms with Crippen LogP contribution in [0.15, 0.2) is 34.3 Å². The van der Waals surface area contributed by atoms with Crippen LogP contribution in [0.1, 0.15) is 22.0 Å². The summed E-state index contributed by atoms with van der Waals surface area (Å²) in [5.74, 6) is 1.82. The molecule has 0 aliphatic heterocycles. The molecule has 23 heavy (non-hydrogen) atoms. The first-order chi connectivity index (χ1) is 11.1. The molecule has 0 radical (unpaired) electrons. The van der Waals surface area contributed by atoms with E-state index in [4.69, 9.17) is 4.52 Å². The van der Waals surface area contributed by atoms with E-state index in [0.717, 1.165) is 17.7 Å². The molecule has 0 aliphatic carbocycles. The number of nitrogens with zero attached hydrogens (tertiary/aromatic N) is 3. The van der Waals surface area contributed by atoms with Gasteiger partial charge in [-0.2, -0.15) is 4.98 Å². The molecule has 1 atom stereocenters. The van der Waals surface area contributed by atoms with E-state index in [1.807, 2.05) is 43.6 Å². The van der Waals surface area contributed by atoms with E-state index in [2.05, 4.69) is 15.1 Å². The molecular formula is C16H17N3O2S2. The van der Waals surface area contributed by atoms with E-state index in [-0.39, 0.29) is 5.75 Å². The van der Waals surface area contributed by atoms with Gasteiger partial charge >= 0.3 is 0 Å². The lowest BCUT2D eigenvalue weighted by molar-refractivity contribution is 0.390. The number of hydrogen-bond acceptors (Lipinski definition) is 6. The van der Waals surface area contributed by atoms with Crippen molar-refractivity contribution in [2.45, 2.75) is 26.0 Å². The third-order valence-electron chi connectivity index (χ3n) is 3.46. The van der Waals surface area contributed by atoms with Crippen LogP contribution in [0.4, 0.5) is 0 Å². The zero-order valence-electron chi connectivity index (χ0n) is 13.0.